The number of fused-ring (bicyclic) bond motifs is 1. The number of aliphatic carboxylic acids is 1. The molecule has 2 aromatic carbocycles. The first-order valence-electron chi connectivity index (χ1n) is 6.32. The van der Waals surface area contributed by atoms with Crippen molar-refractivity contribution in [2.75, 3.05) is 0 Å². The number of para-hydroxylation sites is 2. The number of carbonyl (C=O) groups is 1. The highest BCUT2D eigenvalue weighted by atomic mass is 16.4. The third-order valence-corrected chi connectivity index (χ3v) is 3.18. The molecule has 0 radical (unpaired) electrons. The van der Waals surface area contributed by atoms with Gasteiger partial charge in [0.1, 0.15) is 0 Å². The lowest BCUT2D eigenvalue weighted by atomic mass is 10.1. The highest BCUT2D eigenvalue weighted by Crippen LogP contribution is 2.25. The van der Waals surface area contributed by atoms with Crippen molar-refractivity contribution in [1.82, 2.24) is 4.57 Å². The van der Waals surface area contributed by atoms with Gasteiger partial charge in [0.2, 0.25) is 0 Å². The first-order chi connectivity index (χ1) is 9.75. The minimum Gasteiger partial charge on any atom is -0.478 e. The monoisotopic (exact) mass is 263 g/mol. The van der Waals surface area contributed by atoms with Gasteiger partial charge in [-0.3, -0.25) is 0 Å². The molecule has 0 atom stereocenters. The van der Waals surface area contributed by atoms with Gasteiger partial charge in [-0.2, -0.15) is 0 Å². The summed E-state index contributed by atoms with van der Waals surface area (Å²) < 4.78 is 2.07. The molecule has 1 N–H and O–H groups in total. The van der Waals surface area contributed by atoms with Crippen LogP contribution in [0.15, 0.2) is 66.9 Å². The Labute approximate surface area is 116 Å². The van der Waals surface area contributed by atoms with Gasteiger partial charge in [0, 0.05) is 28.9 Å². The SMILES string of the molecule is O=C(O)C=Cc1cn(-c2ccccc2)c2ccccc12. The maximum atomic E-state index is 10.7. The molecule has 1 aromatic heterocycles. The Bertz CT molecular complexity index is 785. The van der Waals surface area contributed by atoms with Crippen LogP contribution < -0.4 is 0 Å². The molecule has 98 valence electrons. The average Bonchev–Trinajstić information content (AvgIpc) is 2.85. The Morgan fingerprint density at radius 1 is 1.00 bits per heavy atom. The minimum absolute atomic E-state index is 0.895. The molecule has 20 heavy (non-hydrogen) atoms. The molecular formula is C17H13NO2. The van der Waals surface area contributed by atoms with Crippen LogP contribution in [0.2, 0.25) is 0 Å². The highest BCUT2D eigenvalue weighted by molar-refractivity contribution is 5.94. The number of hydrogen-bond donors (Lipinski definition) is 1. The van der Waals surface area contributed by atoms with Crippen LogP contribution in [-0.4, -0.2) is 15.6 Å². The van der Waals surface area contributed by atoms with Gasteiger partial charge in [-0.05, 0) is 24.3 Å². The fraction of sp³-hybridized carbons (Fsp3) is 0. The molecule has 0 amide bonds. The Morgan fingerprint density at radius 3 is 2.45 bits per heavy atom. The van der Waals surface area contributed by atoms with Crippen LogP contribution in [-0.2, 0) is 4.79 Å². The zero-order valence-corrected chi connectivity index (χ0v) is 10.7. The summed E-state index contributed by atoms with van der Waals surface area (Å²) >= 11 is 0. The van der Waals surface area contributed by atoms with Crippen molar-refractivity contribution in [3.8, 4) is 5.69 Å². The molecule has 0 aliphatic rings. The summed E-state index contributed by atoms with van der Waals surface area (Å²) in [5, 5.41) is 9.81. The molecule has 1 heterocycles. The first kappa shape index (κ1) is 12.2. The largest absolute Gasteiger partial charge is 0.478 e. The number of rotatable bonds is 3. The first-order valence-corrected chi connectivity index (χ1v) is 6.32. The smallest absolute Gasteiger partial charge is 0.328 e. The van der Waals surface area contributed by atoms with E-state index in [0.717, 1.165) is 28.2 Å². The third-order valence-electron chi connectivity index (χ3n) is 3.18. The molecule has 3 heteroatoms. The molecule has 0 spiro atoms. The summed E-state index contributed by atoms with van der Waals surface area (Å²) in [6.07, 6.45) is 4.75. The van der Waals surface area contributed by atoms with Crippen molar-refractivity contribution in [2.24, 2.45) is 0 Å². The van der Waals surface area contributed by atoms with E-state index < -0.39 is 5.97 Å². The van der Waals surface area contributed by atoms with Gasteiger partial charge in [0.05, 0.1) is 5.52 Å². The van der Waals surface area contributed by atoms with Gasteiger partial charge in [0.15, 0.2) is 0 Å². The fourth-order valence-electron chi connectivity index (χ4n) is 2.30. The van der Waals surface area contributed by atoms with Crippen LogP contribution in [0.25, 0.3) is 22.7 Å². The number of benzene rings is 2. The fourth-order valence-corrected chi connectivity index (χ4v) is 2.30. The third kappa shape index (κ3) is 2.21. The molecule has 0 bridgehead atoms. The molecule has 0 aliphatic carbocycles. The van der Waals surface area contributed by atoms with Crippen molar-refractivity contribution in [1.29, 1.82) is 0 Å². The quantitative estimate of drug-likeness (QED) is 0.732. The van der Waals surface area contributed by atoms with Crippen molar-refractivity contribution in [2.45, 2.75) is 0 Å². The van der Waals surface area contributed by atoms with Gasteiger partial charge in [-0.25, -0.2) is 4.79 Å². The predicted molar refractivity (Wildman–Crippen MR) is 79.9 cm³/mol. The van der Waals surface area contributed by atoms with Crippen LogP contribution in [0.1, 0.15) is 5.56 Å². The van der Waals surface area contributed by atoms with E-state index in [4.69, 9.17) is 5.11 Å². The molecule has 3 nitrogen and oxygen atoms in total. The highest BCUT2D eigenvalue weighted by Gasteiger charge is 2.07. The lowest BCUT2D eigenvalue weighted by molar-refractivity contribution is -0.131. The molecule has 0 saturated carbocycles. The maximum Gasteiger partial charge on any atom is 0.328 e. The summed E-state index contributed by atoms with van der Waals surface area (Å²) in [6, 6.07) is 17.9. The molecule has 0 saturated heterocycles. The standard InChI is InChI=1S/C17H13NO2/c19-17(20)11-10-13-12-18(14-6-2-1-3-7-14)16-9-5-4-8-15(13)16/h1-12H,(H,19,20). The van der Waals surface area contributed by atoms with Crippen molar-refractivity contribution in [3.63, 3.8) is 0 Å². The van der Waals surface area contributed by atoms with Crippen molar-refractivity contribution < 1.29 is 9.90 Å². The second kappa shape index (κ2) is 5.05. The van der Waals surface area contributed by atoms with Crippen molar-refractivity contribution >= 4 is 22.9 Å². The average molecular weight is 263 g/mol. The summed E-state index contributed by atoms with van der Waals surface area (Å²) in [4.78, 5) is 10.7. The summed E-state index contributed by atoms with van der Waals surface area (Å²) in [6.45, 7) is 0. The zero-order valence-electron chi connectivity index (χ0n) is 10.7. The molecule has 3 aromatic rings. The van der Waals surface area contributed by atoms with Gasteiger partial charge in [-0.1, -0.05) is 36.4 Å². The topological polar surface area (TPSA) is 42.2 Å². The van der Waals surface area contributed by atoms with E-state index in [9.17, 15) is 4.79 Å². The minimum atomic E-state index is -0.943. The van der Waals surface area contributed by atoms with Gasteiger partial charge in [-0.15, -0.1) is 0 Å². The van der Waals surface area contributed by atoms with Crippen LogP contribution in [0.3, 0.4) is 0 Å². The zero-order chi connectivity index (χ0) is 13.9. The molecule has 0 aliphatic heterocycles. The van der Waals surface area contributed by atoms with Crippen LogP contribution in [0, 0.1) is 0 Å². The lowest BCUT2D eigenvalue weighted by Crippen LogP contribution is -1.90. The van der Waals surface area contributed by atoms with E-state index in [0.29, 0.717) is 0 Å². The van der Waals surface area contributed by atoms with E-state index in [1.165, 1.54) is 0 Å². The number of hydrogen-bond acceptors (Lipinski definition) is 1. The normalized spacial score (nSPS) is 11.2. The van der Waals surface area contributed by atoms with Gasteiger partial charge >= 0.3 is 5.97 Å². The second-order valence-corrected chi connectivity index (χ2v) is 4.48. The Kier molecular flexibility index (Phi) is 3.09. The summed E-state index contributed by atoms with van der Waals surface area (Å²) in [5.41, 5.74) is 3.01. The van der Waals surface area contributed by atoms with Crippen LogP contribution >= 0.6 is 0 Å². The number of carboxylic acid groups (broad SMARTS) is 1. The number of aromatic nitrogens is 1. The number of carboxylic acids is 1. The van der Waals surface area contributed by atoms with Gasteiger partial charge < -0.3 is 9.67 Å². The molecule has 3 rings (SSSR count). The summed E-state index contributed by atoms with van der Waals surface area (Å²) in [7, 11) is 0. The lowest BCUT2D eigenvalue weighted by Gasteiger charge is -2.04. The van der Waals surface area contributed by atoms with E-state index in [2.05, 4.69) is 4.57 Å². The van der Waals surface area contributed by atoms with E-state index in [1.807, 2.05) is 60.8 Å². The maximum absolute atomic E-state index is 10.7. The second-order valence-electron chi connectivity index (χ2n) is 4.48. The molecule has 0 unspecified atom stereocenters. The Morgan fingerprint density at radius 2 is 1.70 bits per heavy atom. The van der Waals surface area contributed by atoms with Gasteiger partial charge in [0.25, 0.3) is 0 Å². The van der Waals surface area contributed by atoms with E-state index in [1.54, 1.807) is 6.08 Å². The Balaban J connectivity index is 2.21. The van der Waals surface area contributed by atoms with E-state index >= 15 is 0 Å². The van der Waals surface area contributed by atoms with Crippen LogP contribution in [0.5, 0.6) is 0 Å². The summed E-state index contributed by atoms with van der Waals surface area (Å²) in [5.74, 6) is -0.943. The molecular weight excluding hydrogens is 250 g/mol. The van der Waals surface area contributed by atoms with Crippen molar-refractivity contribution in [3.05, 3.63) is 72.4 Å². The predicted octanol–water partition coefficient (Wildman–Crippen LogP) is 3.73. The van der Waals surface area contributed by atoms with E-state index in [-0.39, 0.29) is 0 Å². The van der Waals surface area contributed by atoms with Crippen LogP contribution in [0.4, 0.5) is 0 Å². The Hall–Kier alpha value is -2.81. The number of nitrogens with zero attached hydrogens (tertiary/aromatic N) is 1. The molecule has 0 fully saturated rings.